The van der Waals surface area contributed by atoms with Crippen LogP contribution in [0.3, 0.4) is 0 Å². The smallest absolute Gasteiger partial charge is 0.119 e. The maximum atomic E-state index is 5.41. The van der Waals surface area contributed by atoms with Gasteiger partial charge in [-0.3, -0.25) is 0 Å². The maximum absolute atomic E-state index is 5.41. The second kappa shape index (κ2) is 6.59. The van der Waals surface area contributed by atoms with Crippen molar-refractivity contribution in [3.8, 4) is 5.75 Å². The highest BCUT2D eigenvalue weighted by Crippen LogP contribution is 2.37. The predicted octanol–water partition coefficient (Wildman–Crippen LogP) is 2.96. The van der Waals surface area contributed by atoms with Gasteiger partial charge < -0.3 is 14.8 Å². The molecule has 0 spiro atoms. The second-order valence-electron chi connectivity index (χ2n) is 6.11. The summed E-state index contributed by atoms with van der Waals surface area (Å²) in [5.41, 5.74) is 1.42. The van der Waals surface area contributed by atoms with Crippen LogP contribution in [0.4, 0.5) is 0 Å². The third kappa shape index (κ3) is 3.33. The summed E-state index contributed by atoms with van der Waals surface area (Å²) in [6.07, 6.45) is 5.03. The molecule has 110 valence electrons. The maximum Gasteiger partial charge on any atom is 0.119 e. The summed E-state index contributed by atoms with van der Waals surface area (Å²) in [5, 5.41) is 3.69. The van der Waals surface area contributed by atoms with E-state index in [1.54, 1.807) is 7.11 Å². The quantitative estimate of drug-likeness (QED) is 0.866. The molecular weight excluding hydrogens is 250 g/mol. The van der Waals surface area contributed by atoms with Crippen LogP contribution in [-0.2, 0) is 4.74 Å². The number of ether oxygens (including phenoxy) is 2. The Kier molecular flexibility index (Phi) is 4.58. The molecule has 0 aromatic heterocycles. The molecular formula is C17H25NO2. The average molecular weight is 275 g/mol. The Morgan fingerprint density at radius 2 is 2.25 bits per heavy atom. The predicted molar refractivity (Wildman–Crippen MR) is 80.3 cm³/mol. The fourth-order valence-corrected chi connectivity index (χ4v) is 3.25. The van der Waals surface area contributed by atoms with Crippen LogP contribution in [0.1, 0.15) is 37.2 Å². The van der Waals surface area contributed by atoms with E-state index in [9.17, 15) is 0 Å². The Morgan fingerprint density at radius 1 is 1.35 bits per heavy atom. The zero-order chi connectivity index (χ0) is 13.8. The Labute approximate surface area is 121 Å². The van der Waals surface area contributed by atoms with Gasteiger partial charge in [0, 0.05) is 19.3 Å². The number of hydrogen-bond donors (Lipinski definition) is 1. The van der Waals surface area contributed by atoms with E-state index in [2.05, 4.69) is 23.5 Å². The lowest BCUT2D eigenvalue weighted by Crippen LogP contribution is -2.40. The zero-order valence-electron chi connectivity index (χ0n) is 12.3. The van der Waals surface area contributed by atoms with Crippen molar-refractivity contribution < 1.29 is 9.47 Å². The molecule has 1 saturated heterocycles. The largest absolute Gasteiger partial charge is 0.497 e. The first-order chi connectivity index (χ1) is 9.85. The summed E-state index contributed by atoms with van der Waals surface area (Å²) in [7, 11) is 1.73. The van der Waals surface area contributed by atoms with Gasteiger partial charge in [0.2, 0.25) is 0 Å². The highest BCUT2D eigenvalue weighted by Gasteiger charge is 2.30. The molecule has 3 rings (SSSR count). The Balaban J connectivity index is 1.37. The molecule has 1 N–H and O–H groups in total. The minimum absolute atomic E-state index is 0.702. The van der Waals surface area contributed by atoms with Crippen LogP contribution in [0, 0.1) is 5.92 Å². The van der Waals surface area contributed by atoms with E-state index in [4.69, 9.17) is 9.47 Å². The van der Waals surface area contributed by atoms with E-state index in [1.807, 2.05) is 6.07 Å². The molecule has 0 amide bonds. The van der Waals surface area contributed by atoms with Crippen LogP contribution in [0.25, 0.3) is 0 Å². The first-order valence-corrected chi connectivity index (χ1v) is 7.80. The van der Waals surface area contributed by atoms with E-state index >= 15 is 0 Å². The summed E-state index contributed by atoms with van der Waals surface area (Å²) in [4.78, 5) is 0. The molecule has 1 aliphatic carbocycles. The molecule has 1 heterocycles. The van der Waals surface area contributed by atoms with Crippen molar-refractivity contribution in [2.45, 2.75) is 37.6 Å². The summed E-state index contributed by atoms with van der Waals surface area (Å²) in [6, 6.07) is 9.21. The molecule has 1 aromatic carbocycles. The third-order valence-corrected chi connectivity index (χ3v) is 4.71. The van der Waals surface area contributed by atoms with Crippen molar-refractivity contribution in [3.63, 3.8) is 0 Å². The topological polar surface area (TPSA) is 30.5 Å². The van der Waals surface area contributed by atoms with Crippen molar-refractivity contribution >= 4 is 0 Å². The summed E-state index contributed by atoms with van der Waals surface area (Å²) in [6.45, 7) is 3.08. The molecule has 1 unspecified atom stereocenters. The van der Waals surface area contributed by atoms with Gasteiger partial charge in [-0.2, -0.15) is 0 Å². The van der Waals surface area contributed by atoms with Crippen molar-refractivity contribution in [3.05, 3.63) is 29.8 Å². The van der Waals surface area contributed by atoms with Crippen LogP contribution >= 0.6 is 0 Å². The number of benzene rings is 1. The summed E-state index contributed by atoms with van der Waals surface area (Å²) < 4.78 is 10.7. The Hall–Kier alpha value is -1.06. The van der Waals surface area contributed by atoms with E-state index in [-0.39, 0.29) is 0 Å². The molecule has 0 bridgehead atoms. The molecule has 20 heavy (non-hydrogen) atoms. The van der Waals surface area contributed by atoms with Crippen LogP contribution in [-0.4, -0.2) is 32.9 Å². The van der Waals surface area contributed by atoms with Gasteiger partial charge in [0.25, 0.3) is 0 Å². The van der Waals surface area contributed by atoms with Gasteiger partial charge in [0.15, 0.2) is 0 Å². The molecule has 1 saturated carbocycles. The van der Waals surface area contributed by atoms with Crippen molar-refractivity contribution in [2.75, 3.05) is 26.9 Å². The molecule has 3 heteroatoms. The summed E-state index contributed by atoms with van der Waals surface area (Å²) >= 11 is 0. The highest BCUT2D eigenvalue weighted by atomic mass is 16.5. The zero-order valence-corrected chi connectivity index (χ0v) is 12.3. The molecule has 2 aliphatic rings. The number of nitrogens with one attached hydrogen (secondary N) is 1. The monoisotopic (exact) mass is 275 g/mol. The van der Waals surface area contributed by atoms with Crippen LogP contribution < -0.4 is 10.1 Å². The first kappa shape index (κ1) is 13.9. The lowest BCUT2D eigenvalue weighted by molar-refractivity contribution is 0.183. The second-order valence-corrected chi connectivity index (χ2v) is 6.11. The van der Waals surface area contributed by atoms with Crippen LogP contribution in [0.15, 0.2) is 24.3 Å². The highest BCUT2D eigenvalue weighted by molar-refractivity contribution is 5.32. The average Bonchev–Trinajstić information content (AvgIpc) is 2.94. The number of hydrogen-bond acceptors (Lipinski definition) is 3. The van der Waals surface area contributed by atoms with E-state index in [0.717, 1.165) is 31.4 Å². The van der Waals surface area contributed by atoms with Crippen LogP contribution in [0.2, 0.25) is 0 Å². The SMILES string of the molecule is COc1cccc(C2CC(NCCC3CCOC3)C2)c1. The first-order valence-electron chi connectivity index (χ1n) is 7.80. The van der Waals surface area contributed by atoms with Gasteiger partial charge >= 0.3 is 0 Å². The van der Waals surface area contributed by atoms with E-state index in [1.165, 1.54) is 31.2 Å². The van der Waals surface area contributed by atoms with E-state index < -0.39 is 0 Å². The van der Waals surface area contributed by atoms with Gasteiger partial charge in [-0.25, -0.2) is 0 Å². The number of methoxy groups -OCH3 is 1. The normalized spacial score (nSPS) is 29.1. The van der Waals surface area contributed by atoms with Crippen LogP contribution in [0.5, 0.6) is 5.75 Å². The Morgan fingerprint density at radius 3 is 3.00 bits per heavy atom. The fourth-order valence-electron chi connectivity index (χ4n) is 3.25. The minimum Gasteiger partial charge on any atom is -0.497 e. The van der Waals surface area contributed by atoms with Gasteiger partial charge in [-0.05, 0) is 61.8 Å². The van der Waals surface area contributed by atoms with Crippen molar-refractivity contribution in [2.24, 2.45) is 5.92 Å². The standard InChI is InChI=1S/C17H25NO2/c1-19-17-4-2-3-14(11-17)15-9-16(10-15)18-7-5-13-6-8-20-12-13/h2-4,11,13,15-16,18H,5-10,12H2,1H3. The summed E-state index contributed by atoms with van der Waals surface area (Å²) in [5.74, 6) is 2.47. The molecule has 1 aliphatic heterocycles. The molecule has 1 atom stereocenters. The molecule has 0 radical (unpaired) electrons. The van der Waals surface area contributed by atoms with Gasteiger partial charge in [-0.1, -0.05) is 12.1 Å². The third-order valence-electron chi connectivity index (χ3n) is 4.71. The van der Waals surface area contributed by atoms with E-state index in [0.29, 0.717) is 12.0 Å². The van der Waals surface area contributed by atoms with Crippen molar-refractivity contribution in [1.29, 1.82) is 0 Å². The molecule has 3 nitrogen and oxygen atoms in total. The van der Waals surface area contributed by atoms with Crippen molar-refractivity contribution in [1.82, 2.24) is 5.32 Å². The van der Waals surface area contributed by atoms with Gasteiger partial charge in [0.1, 0.15) is 5.75 Å². The fraction of sp³-hybridized carbons (Fsp3) is 0.647. The lowest BCUT2D eigenvalue weighted by atomic mass is 9.76. The molecule has 2 fully saturated rings. The Bertz CT molecular complexity index is 423. The van der Waals surface area contributed by atoms with Gasteiger partial charge in [-0.15, -0.1) is 0 Å². The molecule has 1 aromatic rings. The minimum atomic E-state index is 0.702. The number of rotatable bonds is 6. The van der Waals surface area contributed by atoms with Gasteiger partial charge in [0.05, 0.1) is 7.11 Å². The lowest BCUT2D eigenvalue weighted by Gasteiger charge is -2.36.